The summed E-state index contributed by atoms with van der Waals surface area (Å²) < 4.78 is 41.1. The molecule has 2 aromatic heterocycles. The van der Waals surface area contributed by atoms with Gasteiger partial charge in [-0.25, -0.2) is 0 Å². The topological polar surface area (TPSA) is 75.6 Å². The molecular weight excluding hydrogens is 371 g/mol. The summed E-state index contributed by atoms with van der Waals surface area (Å²) >= 11 is 0. The Bertz CT molecular complexity index is 1180. The lowest BCUT2D eigenvalue weighted by atomic mass is 10.1. The van der Waals surface area contributed by atoms with E-state index in [1.165, 1.54) is 16.8 Å². The Kier molecular flexibility index (Phi) is 4.14. The third-order valence-corrected chi connectivity index (χ3v) is 4.27. The molecular formula is C19H14F3N5O. The minimum absolute atomic E-state index is 0.309. The fourth-order valence-corrected chi connectivity index (χ4v) is 3.00. The first-order valence-corrected chi connectivity index (χ1v) is 8.27. The number of rotatable bonds is 3. The fourth-order valence-electron chi connectivity index (χ4n) is 3.00. The zero-order chi connectivity index (χ0) is 19.9. The number of anilines is 1. The maximum atomic E-state index is 13.2. The molecule has 0 spiro atoms. The Morgan fingerprint density at radius 1 is 1.18 bits per heavy atom. The van der Waals surface area contributed by atoms with Gasteiger partial charge in [0.05, 0.1) is 28.5 Å². The third kappa shape index (κ3) is 3.22. The minimum Gasteiger partial charge on any atom is -0.319 e. The van der Waals surface area contributed by atoms with Crippen molar-refractivity contribution in [2.24, 2.45) is 7.05 Å². The maximum Gasteiger partial charge on any atom is 0.417 e. The van der Waals surface area contributed by atoms with Crippen LogP contribution in [-0.4, -0.2) is 25.9 Å². The first kappa shape index (κ1) is 17.8. The van der Waals surface area contributed by atoms with Gasteiger partial charge >= 0.3 is 6.18 Å². The van der Waals surface area contributed by atoms with Gasteiger partial charge in [0.25, 0.3) is 5.91 Å². The number of hydrogen-bond donors (Lipinski definition) is 2. The van der Waals surface area contributed by atoms with Crippen molar-refractivity contribution < 1.29 is 18.0 Å². The van der Waals surface area contributed by atoms with Crippen LogP contribution >= 0.6 is 0 Å². The highest BCUT2D eigenvalue weighted by atomic mass is 19.4. The second-order valence-electron chi connectivity index (χ2n) is 6.23. The number of carbonyl (C=O) groups is 1. The highest BCUT2D eigenvalue weighted by Crippen LogP contribution is 2.33. The molecule has 0 radical (unpaired) electrons. The fraction of sp³-hybridized carbons (Fsp3) is 0.105. The SMILES string of the molecule is Cn1cc(NC(=O)c2ccccc2C(F)(F)F)c(-c2ccc3cn[nH]c3c2)n1. The van der Waals surface area contributed by atoms with E-state index in [2.05, 4.69) is 20.6 Å². The molecule has 4 aromatic rings. The summed E-state index contributed by atoms with van der Waals surface area (Å²) in [7, 11) is 1.66. The number of nitrogens with zero attached hydrogens (tertiary/aromatic N) is 3. The third-order valence-electron chi connectivity index (χ3n) is 4.27. The van der Waals surface area contributed by atoms with Gasteiger partial charge < -0.3 is 5.32 Å². The molecule has 2 N–H and O–H groups in total. The lowest BCUT2D eigenvalue weighted by Crippen LogP contribution is -2.18. The second kappa shape index (κ2) is 6.52. The Hall–Kier alpha value is -3.62. The van der Waals surface area contributed by atoms with Gasteiger partial charge in [-0.05, 0) is 18.2 Å². The average molecular weight is 385 g/mol. The summed E-state index contributed by atoms with van der Waals surface area (Å²) in [6, 6.07) is 10.1. The number of benzene rings is 2. The smallest absolute Gasteiger partial charge is 0.319 e. The van der Waals surface area contributed by atoms with Crippen LogP contribution in [-0.2, 0) is 13.2 Å². The largest absolute Gasteiger partial charge is 0.417 e. The quantitative estimate of drug-likeness (QED) is 0.554. The molecule has 0 saturated carbocycles. The summed E-state index contributed by atoms with van der Waals surface area (Å²) in [4.78, 5) is 12.6. The summed E-state index contributed by atoms with van der Waals surface area (Å²) in [6.45, 7) is 0. The number of hydrogen-bond acceptors (Lipinski definition) is 3. The molecule has 1 amide bonds. The zero-order valence-corrected chi connectivity index (χ0v) is 14.6. The van der Waals surface area contributed by atoms with Crippen LogP contribution in [0.3, 0.4) is 0 Å². The van der Waals surface area contributed by atoms with Crippen molar-refractivity contribution in [2.75, 3.05) is 5.32 Å². The lowest BCUT2D eigenvalue weighted by molar-refractivity contribution is -0.137. The number of H-pyrrole nitrogens is 1. The molecule has 0 atom stereocenters. The Balaban J connectivity index is 1.71. The number of alkyl halides is 3. The molecule has 2 aromatic carbocycles. The lowest BCUT2D eigenvalue weighted by Gasteiger charge is -2.12. The first-order valence-electron chi connectivity index (χ1n) is 8.27. The molecule has 6 nitrogen and oxygen atoms in total. The van der Waals surface area contributed by atoms with Gasteiger partial charge in [0.2, 0.25) is 0 Å². The number of carbonyl (C=O) groups excluding carboxylic acids is 1. The molecule has 4 rings (SSSR count). The molecule has 0 fully saturated rings. The molecule has 0 saturated heterocycles. The summed E-state index contributed by atoms with van der Waals surface area (Å²) in [5.74, 6) is -0.857. The highest BCUT2D eigenvalue weighted by molar-refractivity contribution is 6.07. The molecule has 0 aliphatic rings. The van der Waals surface area contributed by atoms with Crippen molar-refractivity contribution in [1.82, 2.24) is 20.0 Å². The normalized spacial score (nSPS) is 11.7. The molecule has 142 valence electrons. The van der Waals surface area contributed by atoms with Gasteiger partial charge in [-0.15, -0.1) is 0 Å². The van der Waals surface area contributed by atoms with Crippen LogP contribution in [0, 0.1) is 0 Å². The van der Waals surface area contributed by atoms with Gasteiger partial charge in [0.1, 0.15) is 5.69 Å². The molecule has 2 heterocycles. The van der Waals surface area contributed by atoms with Crippen molar-refractivity contribution in [1.29, 1.82) is 0 Å². The predicted molar refractivity (Wildman–Crippen MR) is 97.7 cm³/mol. The van der Waals surface area contributed by atoms with Gasteiger partial charge in [0, 0.05) is 24.2 Å². The van der Waals surface area contributed by atoms with Crippen LogP contribution in [0.2, 0.25) is 0 Å². The van der Waals surface area contributed by atoms with E-state index in [-0.39, 0.29) is 0 Å². The molecule has 0 aliphatic heterocycles. The van der Waals surface area contributed by atoms with Crippen molar-refractivity contribution in [3.05, 3.63) is 66.0 Å². The number of amides is 1. The first-order chi connectivity index (χ1) is 13.3. The molecule has 28 heavy (non-hydrogen) atoms. The minimum atomic E-state index is -4.63. The van der Waals surface area contributed by atoms with E-state index in [9.17, 15) is 18.0 Å². The Morgan fingerprint density at radius 2 is 1.96 bits per heavy atom. The van der Waals surface area contributed by atoms with E-state index in [1.54, 1.807) is 25.5 Å². The monoisotopic (exact) mass is 385 g/mol. The summed E-state index contributed by atoms with van der Waals surface area (Å²) in [5.41, 5.74) is 0.783. The van der Waals surface area contributed by atoms with Crippen LogP contribution in [0.5, 0.6) is 0 Å². The van der Waals surface area contributed by atoms with Crippen LogP contribution < -0.4 is 5.32 Å². The van der Waals surface area contributed by atoms with E-state index in [0.717, 1.165) is 23.0 Å². The number of aromatic nitrogens is 4. The van der Waals surface area contributed by atoms with E-state index in [4.69, 9.17) is 0 Å². The molecule has 0 unspecified atom stereocenters. The van der Waals surface area contributed by atoms with Crippen LogP contribution in [0.25, 0.3) is 22.2 Å². The van der Waals surface area contributed by atoms with Crippen molar-refractivity contribution in [2.45, 2.75) is 6.18 Å². The Morgan fingerprint density at radius 3 is 2.75 bits per heavy atom. The maximum absolute atomic E-state index is 13.2. The average Bonchev–Trinajstić information content (AvgIpc) is 3.26. The van der Waals surface area contributed by atoms with Crippen LogP contribution in [0.15, 0.2) is 54.9 Å². The van der Waals surface area contributed by atoms with Crippen LogP contribution in [0.1, 0.15) is 15.9 Å². The standard InChI is InChI=1S/C19H14F3N5O/c1-27-10-16(17(26-27)11-6-7-12-9-23-25-15(12)8-11)24-18(28)13-4-2-3-5-14(13)19(20,21)22/h2-10H,1H3,(H,23,25)(H,24,28). The summed E-state index contributed by atoms with van der Waals surface area (Å²) in [5, 5.41) is 14.6. The highest BCUT2D eigenvalue weighted by Gasteiger charge is 2.35. The van der Waals surface area contributed by atoms with Crippen molar-refractivity contribution in [3.63, 3.8) is 0 Å². The zero-order valence-electron chi connectivity index (χ0n) is 14.6. The van der Waals surface area contributed by atoms with Gasteiger partial charge in [0.15, 0.2) is 0 Å². The van der Waals surface area contributed by atoms with E-state index in [0.29, 0.717) is 16.9 Å². The number of aromatic amines is 1. The molecule has 9 heteroatoms. The number of fused-ring (bicyclic) bond motifs is 1. The molecule has 0 aliphatic carbocycles. The Labute approximate surface area is 157 Å². The van der Waals surface area contributed by atoms with E-state index < -0.39 is 23.2 Å². The van der Waals surface area contributed by atoms with E-state index >= 15 is 0 Å². The number of aryl methyl sites for hydroxylation is 1. The number of halogens is 3. The predicted octanol–water partition coefficient (Wildman–Crippen LogP) is 4.23. The van der Waals surface area contributed by atoms with Crippen molar-refractivity contribution in [3.8, 4) is 11.3 Å². The summed E-state index contributed by atoms with van der Waals surface area (Å²) in [6.07, 6.45) is -1.41. The van der Waals surface area contributed by atoms with Crippen LogP contribution in [0.4, 0.5) is 18.9 Å². The van der Waals surface area contributed by atoms with Gasteiger partial charge in [-0.2, -0.15) is 23.4 Å². The van der Waals surface area contributed by atoms with Crippen molar-refractivity contribution >= 4 is 22.5 Å². The van der Waals surface area contributed by atoms with Gasteiger partial charge in [-0.1, -0.05) is 24.3 Å². The number of nitrogens with one attached hydrogen (secondary N) is 2. The molecule has 0 bridgehead atoms. The van der Waals surface area contributed by atoms with Gasteiger partial charge in [-0.3, -0.25) is 14.6 Å². The van der Waals surface area contributed by atoms with E-state index in [1.807, 2.05) is 12.1 Å². The second-order valence-corrected chi connectivity index (χ2v) is 6.23.